The van der Waals surface area contributed by atoms with Gasteiger partial charge in [0, 0.05) is 6.04 Å². The highest BCUT2D eigenvalue weighted by molar-refractivity contribution is 4.96. The summed E-state index contributed by atoms with van der Waals surface area (Å²) in [5.41, 5.74) is 0. The predicted molar refractivity (Wildman–Crippen MR) is 51.7 cm³/mol. The molecule has 11 heavy (non-hydrogen) atoms. The van der Waals surface area contributed by atoms with Crippen molar-refractivity contribution in [2.45, 2.75) is 32.7 Å². The van der Waals surface area contributed by atoms with Crippen LogP contribution in [0.15, 0.2) is 24.8 Å². The van der Waals surface area contributed by atoms with E-state index in [9.17, 15) is 0 Å². The maximum atomic E-state index is 3.60. The van der Waals surface area contributed by atoms with Crippen LogP contribution in [-0.4, -0.2) is 12.6 Å². The molecule has 0 aliphatic rings. The van der Waals surface area contributed by atoms with Gasteiger partial charge in [0.2, 0.25) is 0 Å². The minimum Gasteiger partial charge on any atom is -0.315 e. The molecular formula is C10H19N. The lowest BCUT2D eigenvalue weighted by atomic mass is 10.2. The Morgan fingerprint density at radius 2 is 2.18 bits per heavy atom. The van der Waals surface area contributed by atoms with Crippen molar-refractivity contribution in [3.05, 3.63) is 24.8 Å². The van der Waals surface area contributed by atoms with Gasteiger partial charge in [-0.3, -0.25) is 0 Å². The standard InChI is InChI=1S/C10H19N/c1-4-5-6-7-8-9-11-10(2)3/h4-6,10-11H,1,7-9H2,2-3H3/b6-5-. The van der Waals surface area contributed by atoms with E-state index in [2.05, 4.69) is 31.8 Å². The summed E-state index contributed by atoms with van der Waals surface area (Å²) < 4.78 is 0. The van der Waals surface area contributed by atoms with Gasteiger partial charge < -0.3 is 5.32 Å². The van der Waals surface area contributed by atoms with Crippen LogP contribution in [0.3, 0.4) is 0 Å². The summed E-state index contributed by atoms with van der Waals surface area (Å²) in [7, 11) is 0. The van der Waals surface area contributed by atoms with Crippen molar-refractivity contribution in [2.24, 2.45) is 0 Å². The van der Waals surface area contributed by atoms with Gasteiger partial charge in [-0.05, 0) is 19.4 Å². The van der Waals surface area contributed by atoms with Gasteiger partial charge in [0.1, 0.15) is 0 Å². The normalized spacial score (nSPS) is 11.2. The Kier molecular flexibility index (Phi) is 7.16. The van der Waals surface area contributed by atoms with E-state index in [1.807, 2.05) is 12.2 Å². The fourth-order valence-electron chi connectivity index (χ4n) is 0.803. The number of hydrogen-bond donors (Lipinski definition) is 1. The third-order valence-electron chi connectivity index (χ3n) is 1.37. The topological polar surface area (TPSA) is 12.0 Å². The van der Waals surface area contributed by atoms with Crippen LogP contribution in [0.25, 0.3) is 0 Å². The van der Waals surface area contributed by atoms with Gasteiger partial charge in [0.05, 0.1) is 0 Å². The minimum atomic E-state index is 0.610. The highest BCUT2D eigenvalue weighted by Crippen LogP contribution is 1.90. The Morgan fingerprint density at radius 1 is 1.45 bits per heavy atom. The Hall–Kier alpha value is -0.560. The first kappa shape index (κ1) is 10.4. The maximum Gasteiger partial charge on any atom is 0.00103 e. The van der Waals surface area contributed by atoms with Gasteiger partial charge in [0.25, 0.3) is 0 Å². The molecule has 64 valence electrons. The lowest BCUT2D eigenvalue weighted by Gasteiger charge is -2.05. The molecule has 1 heteroatoms. The summed E-state index contributed by atoms with van der Waals surface area (Å²) in [5, 5.41) is 3.36. The number of hydrogen-bond acceptors (Lipinski definition) is 1. The molecule has 1 N–H and O–H groups in total. The van der Waals surface area contributed by atoms with Crippen molar-refractivity contribution in [1.82, 2.24) is 5.32 Å². The van der Waals surface area contributed by atoms with E-state index >= 15 is 0 Å². The third-order valence-corrected chi connectivity index (χ3v) is 1.37. The largest absolute Gasteiger partial charge is 0.315 e. The van der Waals surface area contributed by atoms with Crippen LogP contribution >= 0.6 is 0 Å². The SMILES string of the molecule is C=C/C=C\CCCNC(C)C. The Bertz CT molecular complexity index is 114. The molecule has 0 saturated heterocycles. The van der Waals surface area contributed by atoms with Crippen LogP contribution in [0.2, 0.25) is 0 Å². The molecule has 0 spiro atoms. The molecule has 0 aliphatic heterocycles. The number of rotatable bonds is 6. The molecule has 0 aromatic rings. The van der Waals surface area contributed by atoms with E-state index in [0.717, 1.165) is 13.0 Å². The van der Waals surface area contributed by atoms with E-state index in [1.54, 1.807) is 0 Å². The van der Waals surface area contributed by atoms with Crippen molar-refractivity contribution in [3.63, 3.8) is 0 Å². The second-order valence-electron chi connectivity index (χ2n) is 2.91. The summed E-state index contributed by atoms with van der Waals surface area (Å²) in [4.78, 5) is 0. The van der Waals surface area contributed by atoms with Crippen molar-refractivity contribution in [2.75, 3.05) is 6.54 Å². The number of nitrogens with one attached hydrogen (secondary N) is 1. The molecule has 0 saturated carbocycles. The summed E-state index contributed by atoms with van der Waals surface area (Å²) >= 11 is 0. The van der Waals surface area contributed by atoms with Crippen LogP contribution in [0.4, 0.5) is 0 Å². The van der Waals surface area contributed by atoms with Gasteiger partial charge in [-0.2, -0.15) is 0 Å². The van der Waals surface area contributed by atoms with Gasteiger partial charge in [0.15, 0.2) is 0 Å². The highest BCUT2D eigenvalue weighted by Gasteiger charge is 1.88. The fourth-order valence-corrected chi connectivity index (χ4v) is 0.803. The second kappa shape index (κ2) is 7.55. The molecule has 0 rings (SSSR count). The zero-order chi connectivity index (χ0) is 8.53. The van der Waals surface area contributed by atoms with Crippen molar-refractivity contribution in [1.29, 1.82) is 0 Å². The molecule has 0 aromatic heterocycles. The first-order chi connectivity index (χ1) is 5.27. The van der Waals surface area contributed by atoms with Crippen LogP contribution in [0, 0.1) is 0 Å². The molecule has 0 atom stereocenters. The zero-order valence-electron chi connectivity index (χ0n) is 7.64. The van der Waals surface area contributed by atoms with E-state index < -0.39 is 0 Å². The second-order valence-corrected chi connectivity index (χ2v) is 2.91. The summed E-state index contributed by atoms with van der Waals surface area (Å²) in [6.07, 6.45) is 8.31. The predicted octanol–water partition coefficient (Wildman–Crippen LogP) is 2.51. The Balaban J connectivity index is 3.02. The van der Waals surface area contributed by atoms with Gasteiger partial charge in [-0.1, -0.05) is 38.7 Å². The monoisotopic (exact) mass is 153 g/mol. The molecule has 0 heterocycles. The molecule has 0 aliphatic carbocycles. The molecule has 0 radical (unpaired) electrons. The minimum absolute atomic E-state index is 0.610. The Labute approximate surface area is 70.2 Å². The molecule has 0 aromatic carbocycles. The number of unbranched alkanes of at least 4 members (excludes halogenated alkanes) is 1. The lowest BCUT2D eigenvalue weighted by Crippen LogP contribution is -2.23. The first-order valence-corrected chi connectivity index (χ1v) is 4.28. The maximum absolute atomic E-state index is 3.60. The molecule has 0 bridgehead atoms. The van der Waals surface area contributed by atoms with E-state index in [-0.39, 0.29) is 0 Å². The quantitative estimate of drug-likeness (QED) is 0.456. The third kappa shape index (κ3) is 9.44. The van der Waals surface area contributed by atoms with Crippen LogP contribution < -0.4 is 5.32 Å². The molecule has 0 fully saturated rings. The van der Waals surface area contributed by atoms with Crippen molar-refractivity contribution < 1.29 is 0 Å². The van der Waals surface area contributed by atoms with E-state index in [1.165, 1.54) is 6.42 Å². The fraction of sp³-hybridized carbons (Fsp3) is 0.600. The average molecular weight is 153 g/mol. The molecule has 0 unspecified atom stereocenters. The molecular weight excluding hydrogens is 134 g/mol. The van der Waals surface area contributed by atoms with Crippen LogP contribution in [0.5, 0.6) is 0 Å². The van der Waals surface area contributed by atoms with Crippen molar-refractivity contribution >= 4 is 0 Å². The van der Waals surface area contributed by atoms with E-state index in [4.69, 9.17) is 0 Å². The molecule has 0 amide bonds. The highest BCUT2D eigenvalue weighted by atomic mass is 14.9. The lowest BCUT2D eigenvalue weighted by molar-refractivity contribution is 0.573. The van der Waals surface area contributed by atoms with Gasteiger partial charge >= 0.3 is 0 Å². The average Bonchev–Trinajstić information content (AvgIpc) is 1.96. The van der Waals surface area contributed by atoms with Gasteiger partial charge in [-0.15, -0.1) is 0 Å². The first-order valence-electron chi connectivity index (χ1n) is 4.28. The summed E-state index contributed by atoms with van der Waals surface area (Å²) in [5.74, 6) is 0. The Morgan fingerprint density at radius 3 is 2.73 bits per heavy atom. The van der Waals surface area contributed by atoms with Crippen molar-refractivity contribution in [3.8, 4) is 0 Å². The summed E-state index contributed by atoms with van der Waals surface area (Å²) in [6.45, 7) is 9.05. The van der Waals surface area contributed by atoms with Crippen LogP contribution in [-0.2, 0) is 0 Å². The zero-order valence-corrected chi connectivity index (χ0v) is 7.64. The molecule has 1 nitrogen and oxygen atoms in total. The smallest absolute Gasteiger partial charge is 0.00103 e. The van der Waals surface area contributed by atoms with Gasteiger partial charge in [-0.25, -0.2) is 0 Å². The van der Waals surface area contributed by atoms with Crippen LogP contribution in [0.1, 0.15) is 26.7 Å². The summed E-state index contributed by atoms with van der Waals surface area (Å²) in [6, 6.07) is 0.610. The number of allylic oxidation sites excluding steroid dienone is 3. The van der Waals surface area contributed by atoms with E-state index in [0.29, 0.717) is 6.04 Å².